The Labute approximate surface area is 129 Å². The lowest BCUT2D eigenvalue weighted by Crippen LogP contribution is -2.14. The van der Waals surface area contributed by atoms with Crippen molar-refractivity contribution in [1.29, 1.82) is 0 Å². The smallest absolute Gasteiger partial charge is 0.175 e. The molecule has 2 N–H and O–H groups in total. The van der Waals surface area contributed by atoms with Crippen molar-refractivity contribution < 1.29 is 8.42 Å². The van der Waals surface area contributed by atoms with Crippen molar-refractivity contribution in [2.24, 2.45) is 12.8 Å². The van der Waals surface area contributed by atoms with Crippen LogP contribution in [-0.2, 0) is 23.3 Å². The molecule has 0 fully saturated rings. The molecular weight excluding hydrogens is 310 g/mol. The van der Waals surface area contributed by atoms with Gasteiger partial charge in [-0.05, 0) is 31.0 Å². The van der Waals surface area contributed by atoms with Gasteiger partial charge in [-0.1, -0.05) is 23.7 Å². The molecule has 21 heavy (non-hydrogen) atoms. The van der Waals surface area contributed by atoms with Crippen molar-refractivity contribution in [2.45, 2.75) is 24.3 Å². The lowest BCUT2D eigenvalue weighted by atomic mass is 10.0. The van der Waals surface area contributed by atoms with Gasteiger partial charge in [0.25, 0.3) is 0 Å². The summed E-state index contributed by atoms with van der Waals surface area (Å²) in [5.41, 5.74) is 8.67. The predicted octanol–water partition coefficient (Wildman–Crippen LogP) is 2.03. The number of hydrogen-bond acceptors (Lipinski definition) is 4. The van der Waals surface area contributed by atoms with Crippen LogP contribution >= 0.6 is 11.6 Å². The maximum atomic E-state index is 11.6. The topological polar surface area (TPSA) is 78.0 Å². The van der Waals surface area contributed by atoms with Crippen molar-refractivity contribution >= 4 is 21.4 Å². The first-order valence-corrected chi connectivity index (χ1v) is 8.70. The zero-order valence-corrected chi connectivity index (χ0v) is 13.7. The second-order valence-electron chi connectivity index (χ2n) is 5.13. The molecule has 0 radical (unpaired) electrons. The average molecular weight is 328 g/mol. The Hall–Kier alpha value is -1.37. The van der Waals surface area contributed by atoms with E-state index in [0.29, 0.717) is 11.6 Å². The molecule has 114 valence electrons. The molecule has 0 aliphatic carbocycles. The first kappa shape index (κ1) is 16.0. The number of aromatic nitrogens is 2. The summed E-state index contributed by atoms with van der Waals surface area (Å²) < 4.78 is 24.8. The Morgan fingerprint density at radius 3 is 2.62 bits per heavy atom. The number of nitrogens with two attached hydrogens (primary N) is 1. The van der Waals surface area contributed by atoms with E-state index < -0.39 is 9.84 Å². The lowest BCUT2D eigenvalue weighted by molar-refractivity contribution is 0.601. The van der Waals surface area contributed by atoms with Crippen LogP contribution in [-0.4, -0.2) is 24.5 Å². The van der Waals surface area contributed by atoms with E-state index in [9.17, 15) is 8.42 Å². The highest BCUT2D eigenvalue weighted by Crippen LogP contribution is 2.25. The van der Waals surface area contributed by atoms with Gasteiger partial charge >= 0.3 is 0 Å². The second-order valence-corrected chi connectivity index (χ2v) is 7.51. The first-order valence-electron chi connectivity index (χ1n) is 6.43. The van der Waals surface area contributed by atoms with Crippen molar-refractivity contribution in [2.75, 3.05) is 6.26 Å². The maximum absolute atomic E-state index is 11.6. The highest BCUT2D eigenvalue weighted by molar-refractivity contribution is 7.90. The number of aryl methyl sites for hydroxylation is 2. The van der Waals surface area contributed by atoms with Crippen LogP contribution in [0.25, 0.3) is 0 Å². The largest absolute Gasteiger partial charge is 0.324 e. The van der Waals surface area contributed by atoms with Crippen molar-refractivity contribution in [3.8, 4) is 0 Å². The zero-order valence-electron chi connectivity index (χ0n) is 12.2. The molecule has 0 aliphatic heterocycles. The Balaban J connectivity index is 2.31. The normalized spacial score (nSPS) is 13.4. The van der Waals surface area contributed by atoms with E-state index in [1.165, 1.54) is 6.26 Å². The molecule has 1 aromatic carbocycles. The number of hydrogen-bond donors (Lipinski definition) is 1. The van der Waals surface area contributed by atoms with Crippen molar-refractivity contribution in [3.05, 3.63) is 46.2 Å². The molecule has 0 bridgehead atoms. The summed E-state index contributed by atoms with van der Waals surface area (Å²) in [4.78, 5) is 0.268. The van der Waals surface area contributed by atoms with E-state index in [0.717, 1.165) is 16.8 Å². The van der Waals surface area contributed by atoms with Crippen LogP contribution in [0.2, 0.25) is 5.15 Å². The second kappa shape index (κ2) is 5.79. The van der Waals surface area contributed by atoms with Gasteiger partial charge in [0, 0.05) is 24.9 Å². The predicted molar refractivity (Wildman–Crippen MR) is 83.1 cm³/mol. The molecule has 1 atom stereocenters. The Morgan fingerprint density at radius 2 is 2.10 bits per heavy atom. The Morgan fingerprint density at radius 1 is 1.43 bits per heavy atom. The number of sulfone groups is 1. The van der Waals surface area contributed by atoms with Gasteiger partial charge in [0.15, 0.2) is 9.84 Å². The van der Waals surface area contributed by atoms with Gasteiger partial charge in [-0.3, -0.25) is 4.68 Å². The summed E-state index contributed by atoms with van der Waals surface area (Å²) in [5, 5.41) is 4.81. The van der Waals surface area contributed by atoms with Crippen LogP contribution < -0.4 is 5.73 Å². The molecule has 2 rings (SSSR count). The third-order valence-electron chi connectivity index (χ3n) is 3.41. The van der Waals surface area contributed by atoms with Crippen LogP contribution in [0, 0.1) is 6.92 Å². The average Bonchev–Trinajstić information content (AvgIpc) is 2.64. The SMILES string of the molecule is Cc1nn(C)c(Cl)c1CC(N)c1cccc(S(C)(=O)=O)c1. The maximum Gasteiger partial charge on any atom is 0.175 e. The standard InChI is InChI=1S/C14H18ClN3O2S/c1-9-12(14(15)18(2)17-9)8-13(16)10-5-4-6-11(7-10)21(3,19)20/h4-7,13H,8,16H2,1-3H3. The van der Waals surface area contributed by atoms with E-state index in [4.69, 9.17) is 17.3 Å². The summed E-state index contributed by atoms with van der Waals surface area (Å²) >= 11 is 6.20. The summed E-state index contributed by atoms with van der Waals surface area (Å²) in [6, 6.07) is 6.35. The molecule has 0 amide bonds. The molecule has 7 heteroatoms. The van der Waals surface area contributed by atoms with Crippen LogP contribution in [0.3, 0.4) is 0 Å². The number of halogens is 1. The third-order valence-corrected chi connectivity index (χ3v) is 4.99. The fourth-order valence-corrected chi connectivity index (χ4v) is 3.15. The van der Waals surface area contributed by atoms with Gasteiger partial charge in [0.2, 0.25) is 0 Å². The minimum Gasteiger partial charge on any atom is -0.324 e. The fourth-order valence-electron chi connectivity index (χ4n) is 2.22. The van der Waals surface area contributed by atoms with E-state index in [1.54, 1.807) is 29.9 Å². The van der Waals surface area contributed by atoms with Crippen LogP contribution in [0.1, 0.15) is 22.9 Å². The Bertz CT molecular complexity index is 769. The molecule has 0 saturated carbocycles. The van der Waals surface area contributed by atoms with Crippen molar-refractivity contribution in [1.82, 2.24) is 9.78 Å². The molecule has 0 aliphatic rings. The summed E-state index contributed by atoms with van der Waals surface area (Å²) in [7, 11) is -1.47. The first-order chi connectivity index (χ1) is 9.70. The van der Waals surface area contributed by atoms with Gasteiger partial charge in [-0.2, -0.15) is 5.10 Å². The minimum atomic E-state index is -3.24. The Kier molecular flexibility index (Phi) is 4.41. The highest BCUT2D eigenvalue weighted by Gasteiger charge is 2.17. The summed E-state index contributed by atoms with van der Waals surface area (Å²) in [6.45, 7) is 1.88. The number of rotatable bonds is 4. The molecule has 5 nitrogen and oxygen atoms in total. The molecule has 1 aromatic heterocycles. The van der Waals surface area contributed by atoms with Gasteiger partial charge in [0.05, 0.1) is 10.6 Å². The van der Waals surface area contributed by atoms with E-state index in [2.05, 4.69) is 5.10 Å². The van der Waals surface area contributed by atoms with Crippen LogP contribution in [0.15, 0.2) is 29.2 Å². The lowest BCUT2D eigenvalue weighted by Gasteiger charge is -2.13. The van der Waals surface area contributed by atoms with E-state index in [1.807, 2.05) is 13.0 Å². The molecular formula is C14H18ClN3O2S. The number of benzene rings is 1. The van der Waals surface area contributed by atoms with Gasteiger partial charge < -0.3 is 5.73 Å². The fraction of sp³-hybridized carbons (Fsp3) is 0.357. The van der Waals surface area contributed by atoms with Crippen molar-refractivity contribution in [3.63, 3.8) is 0 Å². The van der Waals surface area contributed by atoms with Gasteiger partial charge in [0.1, 0.15) is 5.15 Å². The minimum absolute atomic E-state index is 0.268. The molecule has 0 saturated heterocycles. The summed E-state index contributed by atoms with van der Waals surface area (Å²) in [6.07, 6.45) is 1.69. The molecule has 1 heterocycles. The van der Waals surface area contributed by atoms with Gasteiger partial charge in [-0.25, -0.2) is 8.42 Å². The molecule has 0 spiro atoms. The highest BCUT2D eigenvalue weighted by atomic mass is 35.5. The molecule has 2 aromatic rings. The van der Waals surface area contributed by atoms with E-state index in [-0.39, 0.29) is 10.9 Å². The number of nitrogens with zero attached hydrogens (tertiary/aromatic N) is 2. The summed E-state index contributed by atoms with van der Waals surface area (Å²) in [5.74, 6) is 0. The monoisotopic (exact) mass is 327 g/mol. The zero-order chi connectivity index (χ0) is 15.8. The quantitative estimate of drug-likeness (QED) is 0.932. The third kappa shape index (κ3) is 3.45. The van der Waals surface area contributed by atoms with E-state index >= 15 is 0 Å². The van der Waals surface area contributed by atoms with Crippen LogP contribution in [0.5, 0.6) is 0 Å². The molecule has 1 unspecified atom stereocenters. The van der Waals surface area contributed by atoms with Gasteiger partial charge in [-0.15, -0.1) is 0 Å². The van der Waals surface area contributed by atoms with Crippen LogP contribution in [0.4, 0.5) is 0 Å².